The molecule has 0 aliphatic heterocycles. The van der Waals surface area contributed by atoms with Crippen LogP contribution < -0.4 is 0 Å². The van der Waals surface area contributed by atoms with Gasteiger partial charge < -0.3 is 0 Å². The number of hydrogen-bond donors (Lipinski definition) is 0. The Hall–Kier alpha value is -0.210. The van der Waals surface area contributed by atoms with E-state index in [9.17, 15) is 13.2 Å². The Morgan fingerprint density at radius 1 is 1.50 bits per heavy atom. The summed E-state index contributed by atoms with van der Waals surface area (Å²) in [6.45, 7) is 0. The molecule has 0 nitrogen and oxygen atoms in total. The molecule has 1 saturated carbocycles. The largest absolute Gasteiger partial charge is 0.281 e. The van der Waals surface area contributed by atoms with Gasteiger partial charge in [0.1, 0.15) is 0 Å². The van der Waals surface area contributed by atoms with Crippen molar-refractivity contribution in [3.63, 3.8) is 0 Å². The van der Waals surface area contributed by atoms with Crippen LogP contribution in [-0.2, 0) is 0 Å². The fraction of sp³-hybridized carbons (Fsp3) is 1.00. The van der Waals surface area contributed by atoms with Crippen LogP contribution in [0.4, 0.5) is 13.2 Å². The van der Waals surface area contributed by atoms with Gasteiger partial charge in [-0.05, 0) is 0 Å². The zero-order valence-electron chi connectivity index (χ0n) is 2.92. The van der Waals surface area contributed by atoms with Gasteiger partial charge in [-0.2, -0.15) is 0 Å². The van der Waals surface area contributed by atoms with Gasteiger partial charge in [-0.15, -0.1) is 0 Å². The van der Waals surface area contributed by atoms with Gasteiger partial charge in [0.25, 0.3) is 5.92 Å². The molecule has 0 bridgehead atoms. The molecule has 0 saturated heterocycles. The molecule has 1 aliphatic carbocycles. The lowest BCUT2D eigenvalue weighted by Gasteiger charge is -1.79. The second-order valence-electron chi connectivity index (χ2n) is 1.43. The van der Waals surface area contributed by atoms with Crippen LogP contribution in [0.5, 0.6) is 0 Å². The maximum Gasteiger partial charge on any atom is 0.281 e. The fourth-order valence-corrected chi connectivity index (χ4v) is 0.180. The quantitative estimate of drug-likeness (QED) is 0.427. The summed E-state index contributed by atoms with van der Waals surface area (Å²) >= 11 is 0. The van der Waals surface area contributed by atoms with Crippen LogP contribution in [0.15, 0.2) is 0 Å². The van der Waals surface area contributed by atoms with Crippen LogP contribution in [0.1, 0.15) is 6.42 Å². The molecule has 0 radical (unpaired) electrons. The molecule has 3 heteroatoms. The molecule has 1 fully saturated rings. The van der Waals surface area contributed by atoms with Gasteiger partial charge >= 0.3 is 0 Å². The van der Waals surface area contributed by atoms with Crippen molar-refractivity contribution in [1.29, 1.82) is 0 Å². The summed E-state index contributed by atoms with van der Waals surface area (Å²) in [5.41, 5.74) is 0. The highest BCUT2D eigenvalue weighted by Gasteiger charge is 2.58. The van der Waals surface area contributed by atoms with Gasteiger partial charge in [-0.1, -0.05) is 0 Å². The lowest BCUT2D eigenvalue weighted by Crippen LogP contribution is -1.90. The average molecular weight is 96.1 g/mol. The van der Waals surface area contributed by atoms with Crippen LogP contribution in [0, 0.1) is 0 Å². The zero-order valence-corrected chi connectivity index (χ0v) is 2.92. The standard InChI is InChI=1S/C3H3F3/c4-2-1-3(2,5)6/h2H,1H2. The summed E-state index contributed by atoms with van der Waals surface area (Å²) in [6, 6.07) is 0. The first-order valence-electron chi connectivity index (χ1n) is 1.65. The molecule has 36 valence electrons. The predicted molar refractivity (Wildman–Crippen MR) is 14.5 cm³/mol. The second-order valence-corrected chi connectivity index (χ2v) is 1.43. The Morgan fingerprint density at radius 2 is 1.67 bits per heavy atom. The normalized spacial score (nSPS) is 39.5. The zero-order chi connectivity index (χ0) is 4.78. The van der Waals surface area contributed by atoms with Crippen LogP contribution >= 0.6 is 0 Å². The maximum absolute atomic E-state index is 11.2. The monoisotopic (exact) mass is 96.0 g/mol. The van der Waals surface area contributed by atoms with Crippen molar-refractivity contribution in [1.82, 2.24) is 0 Å². The first-order chi connectivity index (χ1) is 2.63. The first kappa shape index (κ1) is 3.96. The minimum atomic E-state index is -2.96. The lowest BCUT2D eigenvalue weighted by atomic mass is 10.8. The maximum atomic E-state index is 11.2. The van der Waals surface area contributed by atoms with E-state index in [1.165, 1.54) is 0 Å². The highest BCUT2D eigenvalue weighted by molar-refractivity contribution is 4.95. The molecule has 0 aromatic carbocycles. The molecule has 0 heterocycles. The Morgan fingerprint density at radius 3 is 1.67 bits per heavy atom. The van der Waals surface area contributed by atoms with Crippen molar-refractivity contribution in [3.8, 4) is 0 Å². The van der Waals surface area contributed by atoms with E-state index < -0.39 is 18.5 Å². The van der Waals surface area contributed by atoms with Crippen molar-refractivity contribution in [2.75, 3.05) is 0 Å². The summed E-state index contributed by atoms with van der Waals surface area (Å²) in [6.07, 6.45) is -2.40. The molecule has 0 N–H and O–H groups in total. The van der Waals surface area contributed by atoms with Gasteiger partial charge in [0, 0.05) is 0 Å². The first-order valence-corrected chi connectivity index (χ1v) is 1.65. The predicted octanol–water partition coefficient (Wildman–Crippen LogP) is 1.36. The molecule has 0 spiro atoms. The second kappa shape index (κ2) is 0.718. The van der Waals surface area contributed by atoms with E-state index in [1.54, 1.807) is 0 Å². The molecule has 0 aromatic rings. The summed E-state index contributed by atoms with van der Waals surface area (Å²) < 4.78 is 33.4. The summed E-state index contributed by atoms with van der Waals surface area (Å²) in [4.78, 5) is 0. The summed E-state index contributed by atoms with van der Waals surface area (Å²) in [5, 5.41) is 0. The van der Waals surface area contributed by atoms with Crippen LogP contribution in [0.2, 0.25) is 0 Å². The lowest BCUT2D eigenvalue weighted by molar-refractivity contribution is 0.0870. The van der Waals surface area contributed by atoms with Gasteiger partial charge in [-0.25, -0.2) is 13.2 Å². The molecule has 1 aliphatic rings. The Balaban J connectivity index is 2.41. The van der Waals surface area contributed by atoms with Crippen molar-refractivity contribution in [3.05, 3.63) is 0 Å². The smallest absolute Gasteiger partial charge is 0.241 e. The van der Waals surface area contributed by atoms with E-state index in [0.29, 0.717) is 0 Å². The van der Waals surface area contributed by atoms with Crippen LogP contribution in [-0.4, -0.2) is 12.1 Å². The minimum Gasteiger partial charge on any atom is -0.241 e. The molecule has 1 rings (SSSR count). The number of rotatable bonds is 0. The number of alkyl halides is 3. The van der Waals surface area contributed by atoms with E-state index in [2.05, 4.69) is 0 Å². The highest BCUT2D eigenvalue weighted by atomic mass is 19.3. The highest BCUT2D eigenvalue weighted by Crippen LogP contribution is 2.44. The summed E-state index contributed by atoms with van der Waals surface area (Å²) in [7, 11) is 0. The van der Waals surface area contributed by atoms with Gasteiger partial charge in [-0.3, -0.25) is 0 Å². The molecular weight excluding hydrogens is 93.0 g/mol. The van der Waals surface area contributed by atoms with E-state index in [1.807, 2.05) is 0 Å². The average Bonchev–Trinajstić information content (AvgIpc) is 1.73. The van der Waals surface area contributed by atoms with Crippen molar-refractivity contribution >= 4 is 0 Å². The third kappa shape index (κ3) is 0.382. The summed E-state index contributed by atoms with van der Waals surface area (Å²) in [5.74, 6) is -2.96. The minimum absolute atomic E-state index is 0.562. The molecule has 0 aromatic heterocycles. The van der Waals surface area contributed by atoms with Crippen molar-refractivity contribution < 1.29 is 13.2 Å². The topological polar surface area (TPSA) is 0 Å². The Bertz CT molecular complexity index is 68.4. The van der Waals surface area contributed by atoms with Crippen LogP contribution in [0.3, 0.4) is 0 Å². The third-order valence-corrected chi connectivity index (χ3v) is 0.750. The van der Waals surface area contributed by atoms with E-state index in [0.717, 1.165) is 0 Å². The van der Waals surface area contributed by atoms with E-state index in [4.69, 9.17) is 0 Å². The van der Waals surface area contributed by atoms with Crippen molar-refractivity contribution in [2.24, 2.45) is 0 Å². The Labute approximate surface area is 33.0 Å². The molecule has 1 atom stereocenters. The van der Waals surface area contributed by atoms with E-state index >= 15 is 0 Å². The molecule has 1 unspecified atom stereocenters. The molecule has 6 heavy (non-hydrogen) atoms. The van der Waals surface area contributed by atoms with Crippen molar-refractivity contribution in [2.45, 2.75) is 18.5 Å². The van der Waals surface area contributed by atoms with Gasteiger partial charge in [0.15, 0.2) is 6.17 Å². The number of hydrogen-bond acceptors (Lipinski definition) is 0. The fourth-order valence-electron chi connectivity index (χ4n) is 0.180. The Kier molecular flexibility index (Phi) is 0.474. The van der Waals surface area contributed by atoms with E-state index in [-0.39, 0.29) is 0 Å². The molecular formula is C3H3F3. The SMILES string of the molecule is FC1CC1(F)F. The van der Waals surface area contributed by atoms with Gasteiger partial charge in [0.2, 0.25) is 0 Å². The molecule has 0 amide bonds. The third-order valence-electron chi connectivity index (χ3n) is 0.750. The number of halogens is 3. The van der Waals surface area contributed by atoms with Crippen LogP contribution in [0.25, 0.3) is 0 Å². The van der Waals surface area contributed by atoms with Gasteiger partial charge in [0.05, 0.1) is 6.42 Å².